The van der Waals surface area contributed by atoms with Gasteiger partial charge >= 0.3 is 0 Å². The lowest BCUT2D eigenvalue weighted by atomic mass is 10.2. The Kier molecular flexibility index (Phi) is 5.90. The third-order valence-electron chi connectivity index (χ3n) is 1.67. The van der Waals surface area contributed by atoms with E-state index in [0.29, 0.717) is 5.25 Å². The van der Waals surface area contributed by atoms with E-state index in [0.717, 1.165) is 0 Å². The minimum Gasteiger partial charge on any atom is -0.154 e. The van der Waals surface area contributed by atoms with Crippen molar-refractivity contribution in [1.82, 2.24) is 0 Å². The average molecular weight is 158 g/mol. The van der Waals surface area contributed by atoms with Gasteiger partial charge in [0, 0.05) is 5.25 Å². The van der Waals surface area contributed by atoms with Crippen LogP contribution in [0.15, 0.2) is 11.6 Å². The molecule has 0 aliphatic heterocycles. The van der Waals surface area contributed by atoms with Crippen molar-refractivity contribution in [2.45, 2.75) is 39.4 Å². The maximum absolute atomic E-state index is 2.27. The summed E-state index contributed by atoms with van der Waals surface area (Å²) in [4.78, 5) is 0. The predicted molar refractivity (Wildman–Crippen MR) is 51.6 cm³/mol. The first-order chi connectivity index (χ1) is 4.72. The van der Waals surface area contributed by atoms with Gasteiger partial charge in [-0.2, -0.15) is 11.8 Å². The summed E-state index contributed by atoms with van der Waals surface area (Å²) in [6, 6.07) is 0. The Hall–Kier alpha value is 0.0900. The highest BCUT2D eigenvalue weighted by Crippen LogP contribution is 2.18. The molecule has 10 heavy (non-hydrogen) atoms. The standard InChI is InChI=1S/C9H18S/c1-5-7-10-9(4)8(3)6-2/h6,9H,5,7H2,1-4H3. The van der Waals surface area contributed by atoms with Gasteiger partial charge < -0.3 is 0 Å². The van der Waals surface area contributed by atoms with Crippen LogP contribution in [0.4, 0.5) is 0 Å². The molecule has 0 saturated heterocycles. The summed E-state index contributed by atoms with van der Waals surface area (Å²) in [6.07, 6.45) is 3.49. The second kappa shape index (κ2) is 5.84. The Balaban J connectivity index is 3.51. The largest absolute Gasteiger partial charge is 0.154 e. The zero-order valence-electron chi connectivity index (χ0n) is 7.48. The molecule has 1 unspecified atom stereocenters. The maximum Gasteiger partial charge on any atom is 0.0225 e. The lowest BCUT2D eigenvalue weighted by Crippen LogP contribution is -1.98. The molecule has 0 aromatic carbocycles. The lowest BCUT2D eigenvalue weighted by molar-refractivity contribution is 1.07. The molecule has 1 atom stereocenters. The van der Waals surface area contributed by atoms with Crippen LogP contribution in [0.5, 0.6) is 0 Å². The zero-order chi connectivity index (χ0) is 7.98. The minimum atomic E-state index is 0.713. The summed E-state index contributed by atoms with van der Waals surface area (Å²) in [6.45, 7) is 8.81. The summed E-state index contributed by atoms with van der Waals surface area (Å²) in [5.74, 6) is 1.28. The summed E-state index contributed by atoms with van der Waals surface area (Å²) in [5.41, 5.74) is 1.50. The second-order valence-corrected chi connectivity index (χ2v) is 3.99. The van der Waals surface area contributed by atoms with Crippen LogP contribution in [0.25, 0.3) is 0 Å². The maximum atomic E-state index is 2.27. The van der Waals surface area contributed by atoms with Crippen LogP contribution in [0.2, 0.25) is 0 Å². The molecular weight excluding hydrogens is 140 g/mol. The lowest BCUT2D eigenvalue weighted by Gasteiger charge is -2.09. The highest BCUT2D eigenvalue weighted by molar-refractivity contribution is 8.00. The molecule has 0 N–H and O–H groups in total. The summed E-state index contributed by atoms with van der Waals surface area (Å²) in [7, 11) is 0. The van der Waals surface area contributed by atoms with Crippen molar-refractivity contribution in [2.75, 3.05) is 5.75 Å². The molecule has 0 aliphatic rings. The van der Waals surface area contributed by atoms with Gasteiger partial charge in [-0.15, -0.1) is 0 Å². The summed E-state index contributed by atoms with van der Waals surface area (Å²) >= 11 is 2.04. The van der Waals surface area contributed by atoms with Crippen molar-refractivity contribution < 1.29 is 0 Å². The van der Waals surface area contributed by atoms with E-state index in [9.17, 15) is 0 Å². The first-order valence-electron chi connectivity index (χ1n) is 3.96. The van der Waals surface area contributed by atoms with Crippen molar-refractivity contribution in [1.29, 1.82) is 0 Å². The van der Waals surface area contributed by atoms with E-state index in [4.69, 9.17) is 0 Å². The van der Waals surface area contributed by atoms with Gasteiger partial charge in [0.1, 0.15) is 0 Å². The predicted octanol–water partition coefficient (Wildman–Crippen LogP) is 3.48. The van der Waals surface area contributed by atoms with Gasteiger partial charge in [-0.1, -0.05) is 18.6 Å². The number of allylic oxidation sites excluding steroid dienone is 1. The normalized spacial score (nSPS) is 15.4. The van der Waals surface area contributed by atoms with E-state index in [-0.39, 0.29) is 0 Å². The van der Waals surface area contributed by atoms with E-state index in [1.165, 1.54) is 17.7 Å². The van der Waals surface area contributed by atoms with E-state index >= 15 is 0 Å². The van der Waals surface area contributed by atoms with Crippen LogP contribution in [0.1, 0.15) is 34.1 Å². The molecule has 0 radical (unpaired) electrons. The molecule has 0 aromatic rings. The van der Waals surface area contributed by atoms with Crippen molar-refractivity contribution in [3.05, 3.63) is 11.6 Å². The van der Waals surface area contributed by atoms with Crippen molar-refractivity contribution in [2.24, 2.45) is 0 Å². The van der Waals surface area contributed by atoms with Gasteiger partial charge in [-0.05, 0) is 32.9 Å². The first kappa shape index (κ1) is 10.1. The van der Waals surface area contributed by atoms with Gasteiger partial charge in [0.2, 0.25) is 0 Å². The number of thioether (sulfide) groups is 1. The quantitative estimate of drug-likeness (QED) is 0.564. The number of rotatable bonds is 4. The van der Waals surface area contributed by atoms with Crippen LogP contribution < -0.4 is 0 Å². The summed E-state index contributed by atoms with van der Waals surface area (Å²) in [5, 5.41) is 0.713. The Morgan fingerprint density at radius 1 is 1.60 bits per heavy atom. The molecule has 60 valence electrons. The van der Waals surface area contributed by atoms with Crippen LogP contribution in [-0.4, -0.2) is 11.0 Å². The molecule has 0 aromatic heterocycles. The second-order valence-electron chi connectivity index (χ2n) is 2.55. The molecule has 0 bridgehead atoms. The molecule has 0 saturated carbocycles. The third-order valence-corrected chi connectivity index (χ3v) is 3.18. The van der Waals surface area contributed by atoms with Crippen LogP contribution >= 0.6 is 11.8 Å². The highest BCUT2D eigenvalue weighted by Gasteiger charge is 2.01. The van der Waals surface area contributed by atoms with Crippen molar-refractivity contribution in [3.63, 3.8) is 0 Å². The number of hydrogen-bond acceptors (Lipinski definition) is 1. The SMILES string of the molecule is CC=C(C)C(C)SCCC. The van der Waals surface area contributed by atoms with Gasteiger partial charge in [0.05, 0.1) is 0 Å². The van der Waals surface area contributed by atoms with Gasteiger partial charge in [0.15, 0.2) is 0 Å². The average Bonchev–Trinajstić information content (AvgIpc) is 1.98. The molecule has 1 heteroatoms. The van der Waals surface area contributed by atoms with Crippen LogP contribution in [0.3, 0.4) is 0 Å². The first-order valence-corrected chi connectivity index (χ1v) is 5.01. The smallest absolute Gasteiger partial charge is 0.0225 e. The Morgan fingerprint density at radius 3 is 2.60 bits per heavy atom. The molecule has 0 amide bonds. The van der Waals surface area contributed by atoms with Crippen LogP contribution in [-0.2, 0) is 0 Å². The molecular formula is C9H18S. The third kappa shape index (κ3) is 3.99. The Bertz CT molecular complexity index is 105. The molecule has 0 spiro atoms. The molecule has 0 aliphatic carbocycles. The minimum absolute atomic E-state index is 0.713. The highest BCUT2D eigenvalue weighted by atomic mass is 32.2. The fourth-order valence-corrected chi connectivity index (χ4v) is 1.65. The molecule has 0 rings (SSSR count). The van der Waals surface area contributed by atoms with E-state index < -0.39 is 0 Å². The van der Waals surface area contributed by atoms with Gasteiger partial charge in [-0.25, -0.2) is 0 Å². The van der Waals surface area contributed by atoms with Crippen LogP contribution in [0, 0.1) is 0 Å². The molecule has 0 nitrogen and oxygen atoms in total. The van der Waals surface area contributed by atoms with Crippen molar-refractivity contribution in [3.8, 4) is 0 Å². The van der Waals surface area contributed by atoms with E-state index in [1.807, 2.05) is 11.8 Å². The molecule has 0 heterocycles. The monoisotopic (exact) mass is 158 g/mol. The fourth-order valence-electron chi connectivity index (χ4n) is 0.661. The van der Waals surface area contributed by atoms with Gasteiger partial charge in [0.25, 0.3) is 0 Å². The summed E-state index contributed by atoms with van der Waals surface area (Å²) < 4.78 is 0. The van der Waals surface area contributed by atoms with E-state index in [1.54, 1.807) is 0 Å². The Morgan fingerprint density at radius 2 is 2.20 bits per heavy atom. The fraction of sp³-hybridized carbons (Fsp3) is 0.778. The van der Waals surface area contributed by atoms with E-state index in [2.05, 4.69) is 33.8 Å². The topological polar surface area (TPSA) is 0 Å². The van der Waals surface area contributed by atoms with Gasteiger partial charge in [-0.3, -0.25) is 0 Å². The number of hydrogen-bond donors (Lipinski definition) is 0. The van der Waals surface area contributed by atoms with Crippen molar-refractivity contribution >= 4 is 11.8 Å². The molecule has 0 fully saturated rings. The Labute approximate surface area is 69.1 Å². The zero-order valence-corrected chi connectivity index (χ0v) is 8.29.